The standard InChI is InChI=1S/C18H15FN2O4S/c1-2-26(23)15-6-4-3-5-14(15)18(22)24-11-16-20-17(25-21-16)12-7-9-13(19)10-8-12/h3-10H,2,11H2,1H3. The second-order valence-corrected chi connectivity index (χ2v) is 6.94. The van der Waals surface area contributed by atoms with Crippen LogP contribution in [0.15, 0.2) is 57.9 Å². The minimum Gasteiger partial charge on any atom is -0.454 e. The molecule has 0 amide bonds. The predicted molar refractivity (Wildman–Crippen MR) is 92.2 cm³/mol. The van der Waals surface area contributed by atoms with Gasteiger partial charge in [-0.3, -0.25) is 4.21 Å². The molecule has 1 aromatic heterocycles. The van der Waals surface area contributed by atoms with E-state index in [-0.39, 0.29) is 29.7 Å². The van der Waals surface area contributed by atoms with Crippen molar-refractivity contribution in [3.05, 3.63) is 65.7 Å². The Balaban J connectivity index is 1.69. The van der Waals surface area contributed by atoms with E-state index < -0.39 is 16.8 Å². The summed E-state index contributed by atoms with van der Waals surface area (Å²) in [5.74, 6) is -0.215. The maximum absolute atomic E-state index is 12.9. The summed E-state index contributed by atoms with van der Waals surface area (Å²) in [7, 11) is -1.27. The van der Waals surface area contributed by atoms with Crippen LogP contribution >= 0.6 is 0 Å². The van der Waals surface area contributed by atoms with Gasteiger partial charge >= 0.3 is 5.97 Å². The van der Waals surface area contributed by atoms with E-state index in [1.54, 1.807) is 31.2 Å². The molecular formula is C18H15FN2O4S. The fourth-order valence-electron chi connectivity index (χ4n) is 2.22. The van der Waals surface area contributed by atoms with Crippen molar-refractivity contribution < 1.29 is 22.7 Å². The Bertz CT molecular complexity index is 940. The highest BCUT2D eigenvalue weighted by Gasteiger charge is 2.17. The zero-order chi connectivity index (χ0) is 18.5. The number of carbonyl (C=O) groups excluding carboxylic acids is 1. The van der Waals surface area contributed by atoms with Crippen LogP contribution in [0.25, 0.3) is 11.5 Å². The number of ether oxygens (including phenoxy) is 1. The highest BCUT2D eigenvalue weighted by Crippen LogP contribution is 2.19. The summed E-state index contributed by atoms with van der Waals surface area (Å²) in [6.45, 7) is 1.57. The Morgan fingerprint density at radius 2 is 1.92 bits per heavy atom. The van der Waals surface area contributed by atoms with Crippen LogP contribution in [-0.4, -0.2) is 26.1 Å². The van der Waals surface area contributed by atoms with Gasteiger partial charge in [0.2, 0.25) is 5.82 Å². The van der Waals surface area contributed by atoms with Crippen molar-refractivity contribution in [2.75, 3.05) is 5.75 Å². The molecule has 1 heterocycles. The number of carbonyl (C=O) groups is 1. The summed E-state index contributed by atoms with van der Waals surface area (Å²) in [6, 6.07) is 12.2. The molecule has 0 N–H and O–H groups in total. The average molecular weight is 374 g/mol. The lowest BCUT2D eigenvalue weighted by molar-refractivity contribution is 0.0455. The molecule has 0 aliphatic heterocycles. The summed E-state index contributed by atoms with van der Waals surface area (Å²) in [5, 5.41) is 3.74. The maximum atomic E-state index is 12.9. The van der Waals surface area contributed by atoms with Crippen LogP contribution in [-0.2, 0) is 22.1 Å². The third-order valence-corrected chi connectivity index (χ3v) is 4.88. The molecule has 0 saturated heterocycles. The van der Waals surface area contributed by atoms with Crippen LogP contribution < -0.4 is 0 Å². The molecule has 0 radical (unpaired) electrons. The van der Waals surface area contributed by atoms with E-state index in [0.717, 1.165) is 0 Å². The van der Waals surface area contributed by atoms with Crippen LogP contribution in [0.1, 0.15) is 23.1 Å². The van der Waals surface area contributed by atoms with Gasteiger partial charge in [0.05, 0.1) is 21.3 Å². The molecule has 0 saturated carbocycles. The Hall–Kier alpha value is -2.87. The summed E-state index contributed by atoms with van der Waals surface area (Å²) >= 11 is 0. The number of halogens is 1. The van der Waals surface area contributed by atoms with Crippen molar-refractivity contribution in [1.29, 1.82) is 0 Å². The first-order valence-corrected chi connectivity index (χ1v) is 9.13. The molecule has 3 aromatic rings. The number of rotatable bonds is 6. The lowest BCUT2D eigenvalue weighted by atomic mass is 10.2. The largest absolute Gasteiger partial charge is 0.454 e. The Labute approximate surface area is 151 Å². The topological polar surface area (TPSA) is 82.3 Å². The maximum Gasteiger partial charge on any atom is 0.339 e. The van der Waals surface area contributed by atoms with Gasteiger partial charge in [-0.1, -0.05) is 24.2 Å². The van der Waals surface area contributed by atoms with Crippen LogP contribution in [0.5, 0.6) is 0 Å². The summed E-state index contributed by atoms with van der Waals surface area (Å²) in [4.78, 5) is 16.8. The summed E-state index contributed by atoms with van der Waals surface area (Å²) in [6.07, 6.45) is 0. The van der Waals surface area contributed by atoms with Crippen molar-refractivity contribution >= 4 is 16.8 Å². The van der Waals surface area contributed by atoms with Gasteiger partial charge in [0.15, 0.2) is 6.61 Å². The third-order valence-electron chi connectivity index (χ3n) is 3.51. The third kappa shape index (κ3) is 4.02. The molecule has 0 fully saturated rings. The Kier molecular flexibility index (Phi) is 5.52. The Morgan fingerprint density at radius 1 is 1.19 bits per heavy atom. The van der Waals surface area contributed by atoms with Crippen molar-refractivity contribution in [1.82, 2.24) is 10.1 Å². The molecule has 0 bridgehead atoms. The minimum atomic E-state index is -1.27. The molecule has 134 valence electrons. The van der Waals surface area contributed by atoms with E-state index in [9.17, 15) is 13.4 Å². The second-order valence-electron chi connectivity index (χ2n) is 5.23. The highest BCUT2D eigenvalue weighted by molar-refractivity contribution is 7.85. The number of esters is 1. The van der Waals surface area contributed by atoms with Crippen molar-refractivity contribution in [3.63, 3.8) is 0 Å². The predicted octanol–water partition coefficient (Wildman–Crippen LogP) is 3.36. The molecule has 3 rings (SSSR count). The molecule has 2 aromatic carbocycles. The average Bonchev–Trinajstić information content (AvgIpc) is 3.15. The molecule has 1 unspecified atom stereocenters. The number of hydrogen-bond donors (Lipinski definition) is 0. The molecule has 0 aliphatic carbocycles. The molecule has 8 heteroatoms. The van der Waals surface area contributed by atoms with Crippen molar-refractivity contribution in [2.45, 2.75) is 18.4 Å². The van der Waals surface area contributed by atoms with Crippen LogP contribution in [0.2, 0.25) is 0 Å². The fourth-order valence-corrected chi connectivity index (χ4v) is 3.16. The van der Waals surface area contributed by atoms with Gasteiger partial charge in [0.1, 0.15) is 5.82 Å². The first-order chi connectivity index (χ1) is 12.6. The normalized spacial score (nSPS) is 11.9. The van der Waals surface area contributed by atoms with Crippen molar-refractivity contribution in [3.8, 4) is 11.5 Å². The van der Waals surface area contributed by atoms with Crippen LogP contribution in [0.4, 0.5) is 4.39 Å². The summed E-state index contributed by atoms with van der Waals surface area (Å²) in [5.41, 5.74) is 0.801. The van der Waals surface area contributed by atoms with Gasteiger partial charge in [-0.15, -0.1) is 0 Å². The monoisotopic (exact) mass is 374 g/mol. The van der Waals surface area contributed by atoms with E-state index in [1.165, 1.54) is 24.3 Å². The van der Waals surface area contributed by atoms with Gasteiger partial charge in [0.25, 0.3) is 5.89 Å². The summed E-state index contributed by atoms with van der Waals surface area (Å²) < 4.78 is 35.3. The lowest BCUT2D eigenvalue weighted by Crippen LogP contribution is -2.10. The minimum absolute atomic E-state index is 0.173. The molecule has 0 spiro atoms. The van der Waals surface area contributed by atoms with E-state index >= 15 is 0 Å². The van der Waals surface area contributed by atoms with E-state index in [1.807, 2.05) is 0 Å². The number of benzene rings is 2. The van der Waals surface area contributed by atoms with Crippen LogP contribution in [0, 0.1) is 5.82 Å². The zero-order valence-electron chi connectivity index (χ0n) is 13.8. The molecule has 0 aliphatic rings. The molecule has 26 heavy (non-hydrogen) atoms. The van der Waals surface area contributed by atoms with E-state index in [0.29, 0.717) is 16.2 Å². The first-order valence-electron chi connectivity index (χ1n) is 7.81. The quantitative estimate of drug-likeness (QED) is 0.615. The first kappa shape index (κ1) is 17.9. The van der Waals surface area contributed by atoms with E-state index in [4.69, 9.17) is 9.26 Å². The second kappa shape index (κ2) is 8.01. The van der Waals surface area contributed by atoms with Gasteiger partial charge in [-0.2, -0.15) is 4.98 Å². The van der Waals surface area contributed by atoms with Gasteiger partial charge in [-0.05, 0) is 36.4 Å². The van der Waals surface area contributed by atoms with Gasteiger partial charge in [0, 0.05) is 11.3 Å². The Morgan fingerprint density at radius 3 is 2.65 bits per heavy atom. The number of nitrogens with zero attached hydrogens (tertiary/aromatic N) is 2. The smallest absolute Gasteiger partial charge is 0.339 e. The molecule has 6 nitrogen and oxygen atoms in total. The lowest BCUT2D eigenvalue weighted by Gasteiger charge is -2.07. The highest BCUT2D eigenvalue weighted by atomic mass is 32.2. The number of aromatic nitrogens is 2. The fraction of sp³-hybridized carbons (Fsp3) is 0.167. The SMILES string of the molecule is CCS(=O)c1ccccc1C(=O)OCc1noc(-c2ccc(F)cc2)n1. The molecular weight excluding hydrogens is 359 g/mol. The van der Waals surface area contributed by atoms with Gasteiger partial charge < -0.3 is 9.26 Å². The van der Waals surface area contributed by atoms with Gasteiger partial charge in [-0.25, -0.2) is 9.18 Å². The molecule has 1 atom stereocenters. The van der Waals surface area contributed by atoms with Crippen LogP contribution in [0.3, 0.4) is 0 Å². The zero-order valence-corrected chi connectivity index (χ0v) is 14.7. The van der Waals surface area contributed by atoms with Crippen molar-refractivity contribution in [2.24, 2.45) is 0 Å². The number of hydrogen-bond acceptors (Lipinski definition) is 6. The van der Waals surface area contributed by atoms with E-state index in [2.05, 4.69) is 10.1 Å².